The zero-order valence-electron chi connectivity index (χ0n) is 12.7. The molecule has 0 aliphatic rings. The molecule has 0 aromatic heterocycles. The standard InChI is InChI=1S/C17H18N2O4/c1-23-15-4-2-3-13(11-15)19-17(22)16(21)18-10-9-12-5-7-14(20)8-6-12/h2-8,11,20H,9-10H2,1H3,(H,18,21)(H,19,22). The van der Waals surface area contributed by atoms with Crippen LogP contribution in [0.15, 0.2) is 48.5 Å². The number of rotatable bonds is 5. The van der Waals surface area contributed by atoms with E-state index in [1.54, 1.807) is 48.5 Å². The van der Waals surface area contributed by atoms with Crippen LogP contribution in [-0.2, 0) is 16.0 Å². The number of anilines is 1. The Balaban J connectivity index is 1.80. The Morgan fingerprint density at radius 2 is 1.83 bits per heavy atom. The van der Waals surface area contributed by atoms with Crippen LogP contribution in [0.5, 0.6) is 11.5 Å². The van der Waals surface area contributed by atoms with E-state index in [9.17, 15) is 14.7 Å². The lowest BCUT2D eigenvalue weighted by molar-refractivity contribution is -0.136. The van der Waals surface area contributed by atoms with Gasteiger partial charge in [-0.1, -0.05) is 18.2 Å². The molecule has 0 bridgehead atoms. The van der Waals surface area contributed by atoms with Gasteiger partial charge in [0.15, 0.2) is 0 Å². The number of methoxy groups -OCH3 is 1. The average molecular weight is 314 g/mol. The van der Waals surface area contributed by atoms with E-state index in [2.05, 4.69) is 10.6 Å². The molecular weight excluding hydrogens is 296 g/mol. The van der Waals surface area contributed by atoms with Crippen LogP contribution in [0, 0.1) is 0 Å². The molecule has 6 nitrogen and oxygen atoms in total. The first kappa shape index (κ1) is 16.4. The summed E-state index contributed by atoms with van der Waals surface area (Å²) >= 11 is 0. The van der Waals surface area contributed by atoms with E-state index in [4.69, 9.17) is 4.74 Å². The van der Waals surface area contributed by atoms with E-state index in [-0.39, 0.29) is 5.75 Å². The van der Waals surface area contributed by atoms with Gasteiger partial charge in [-0.2, -0.15) is 0 Å². The van der Waals surface area contributed by atoms with E-state index < -0.39 is 11.8 Å². The number of phenols is 1. The number of ether oxygens (including phenoxy) is 1. The van der Waals surface area contributed by atoms with Gasteiger partial charge in [-0.3, -0.25) is 9.59 Å². The lowest BCUT2D eigenvalue weighted by atomic mass is 10.1. The Morgan fingerprint density at radius 3 is 2.52 bits per heavy atom. The molecule has 2 amide bonds. The number of hydrogen-bond acceptors (Lipinski definition) is 4. The van der Waals surface area contributed by atoms with Crippen molar-refractivity contribution in [2.45, 2.75) is 6.42 Å². The minimum Gasteiger partial charge on any atom is -0.508 e. The predicted octanol–water partition coefficient (Wildman–Crippen LogP) is 1.70. The number of carbonyl (C=O) groups is 2. The van der Waals surface area contributed by atoms with Crippen LogP contribution in [-0.4, -0.2) is 30.6 Å². The van der Waals surface area contributed by atoms with Gasteiger partial charge in [-0.15, -0.1) is 0 Å². The fourth-order valence-corrected chi connectivity index (χ4v) is 1.95. The van der Waals surface area contributed by atoms with E-state index in [1.807, 2.05) is 0 Å². The summed E-state index contributed by atoms with van der Waals surface area (Å²) in [6.07, 6.45) is 0.568. The second-order valence-corrected chi connectivity index (χ2v) is 4.86. The number of aromatic hydroxyl groups is 1. The molecule has 0 unspecified atom stereocenters. The number of hydrogen-bond donors (Lipinski definition) is 3. The normalized spacial score (nSPS) is 9.96. The van der Waals surface area contributed by atoms with Crippen LogP contribution >= 0.6 is 0 Å². The number of phenolic OH excluding ortho intramolecular Hbond substituents is 1. The van der Waals surface area contributed by atoms with Crippen LogP contribution in [0.3, 0.4) is 0 Å². The molecule has 2 rings (SSSR count). The molecule has 2 aromatic carbocycles. The summed E-state index contributed by atoms with van der Waals surface area (Å²) in [5.41, 5.74) is 1.44. The molecule has 0 atom stereocenters. The quantitative estimate of drug-likeness (QED) is 0.733. The van der Waals surface area contributed by atoms with Gasteiger partial charge in [-0.05, 0) is 36.2 Å². The molecule has 0 aliphatic carbocycles. The van der Waals surface area contributed by atoms with Crippen molar-refractivity contribution in [1.82, 2.24) is 5.32 Å². The topological polar surface area (TPSA) is 87.7 Å². The summed E-state index contributed by atoms with van der Waals surface area (Å²) in [5.74, 6) is -0.651. The minimum atomic E-state index is -0.732. The summed E-state index contributed by atoms with van der Waals surface area (Å²) in [6.45, 7) is 0.329. The molecular formula is C17H18N2O4. The minimum absolute atomic E-state index is 0.190. The second-order valence-electron chi connectivity index (χ2n) is 4.86. The molecule has 0 heterocycles. The second kappa shape index (κ2) is 7.84. The first-order chi connectivity index (χ1) is 11.1. The van der Waals surface area contributed by atoms with Gasteiger partial charge in [-0.25, -0.2) is 0 Å². The summed E-state index contributed by atoms with van der Waals surface area (Å²) in [6, 6.07) is 13.4. The van der Waals surface area contributed by atoms with Gasteiger partial charge >= 0.3 is 11.8 Å². The largest absolute Gasteiger partial charge is 0.508 e. The Bertz CT molecular complexity index is 683. The maximum absolute atomic E-state index is 11.8. The van der Waals surface area contributed by atoms with E-state index in [0.717, 1.165) is 5.56 Å². The van der Waals surface area contributed by atoms with E-state index in [0.29, 0.717) is 24.4 Å². The lowest BCUT2D eigenvalue weighted by Crippen LogP contribution is -2.36. The van der Waals surface area contributed by atoms with E-state index >= 15 is 0 Å². The molecule has 2 aromatic rings. The monoisotopic (exact) mass is 314 g/mol. The first-order valence-corrected chi connectivity index (χ1v) is 7.09. The van der Waals surface area contributed by atoms with Crippen molar-refractivity contribution in [2.75, 3.05) is 19.0 Å². The zero-order valence-corrected chi connectivity index (χ0v) is 12.7. The molecule has 0 saturated carbocycles. The highest BCUT2D eigenvalue weighted by molar-refractivity contribution is 6.39. The van der Waals surface area contributed by atoms with Crippen LogP contribution in [0.1, 0.15) is 5.56 Å². The molecule has 0 aliphatic heterocycles. The van der Waals surface area contributed by atoms with Crippen LogP contribution in [0.2, 0.25) is 0 Å². The molecule has 0 radical (unpaired) electrons. The van der Waals surface area contributed by atoms with Crippen molar-refractivity contribution in [2.24, 2.45) is 0 Å². The molecule has 6 heteroatoms. The van der Waals surface area contributed by atoms with Gasteiger partial charge in [0.05, 0.1) is 7.11 Å². The van der Waals surface area contributed by atoms with Gasteiger partial charge in [0.2, 0.25) is 0 Å². The van der Waals surface area contributed by atoms with Gasteiger partial charge in [0.25, 0.3) is 0 Å². The Hall–Kier alpha value is -3.02. The maximum atomic E-state index is 11.8. The van der Waals surface area contributed by atoms with Gasteiger partial charge < -0.3 is 20.5 Å². The number of benzene rings is 2. The highest BCUT2D eigenvalue weighted by Crippen LogP contribution is 2.16. The molecule has 0 saturated heterocycles. The Labute approximate surface area is 134 Å². The summed E-state index contributed by atoms with van der Waals surface area (Å²) < 4.78 is 5.05. The number of carbonyl (C=O) groups excluding carboxylic acids is 2. The highest BCUT2D eigenvalue weighted by atomic mass is 16.5. The van der Waals surface area contributed by atoms with Crippen molar-refractivity contribution in [3.8, 4) is 11.5 Å². The number of amides is 2. The lowest BCUT2D eigenvalue weighted by Gasteiger charge is -2.08. The Morgan fingerprint density at radius 1 is 1.09 bits per heavy atom. The van der Waals surface area contributed by atoms with Crippen molar-refractivity contribution in [3.05, 3.63) is 54.1 Å². The molecule has 0 fully saturated rings. The van der Waals surface area contributed by atoms with Crippen LogP contribution in [0.25, 0.3) is 0 Å². The SMILES string of the molecule is COc1cccc(NC(=O)C(=O)NCCc2ccc(O)cc2)c1. The predicted molar refractivity (Wildman–Crippen MR) is 86.4 cm³/mol. The Kier molecular flexibility index (Phi) is 5.57. The highest BCUT2D eigenvalue weighted by Gasteiger charge is 2.13. The van der Waals surface area contributed by atoms with Crippen molar-refractivity contribution in [3.63, 3.8) is 0 Å². The maximum Gasteiger partial charge on any atom is 0.313 e. The van der Waals surface area contributed by atoms with E-state index in [1.165, 1.54) is 7.11 Å². The average Bonchev–Trinajstić information content (AvgIpc) is 2.56. The van der Waals surface area contributed by atoms with Crippen molar-refractivity contribution >= 4 is 17.5 Å². The fourth-order valence-electron chi connectivity index (χ4n) is 1.95. The third-order valence-electron chi connectivity index (χ3n) is 3.17. The van der Waals surface area contributed by atoms with Gasteiger partial charge in [0, 0.05) is 18.3 Å². The zero-order chi connectivity index (χ0) is 16.7. The summed E-state index contributed by atoms with van der Waals surface area (Å²) in [4.78, 5) is 23.6. The molecule has 3 N–H and O–H groups in total. The van der Waals surface area contributed by atoms with Crippen LogP contribution < -0.4 is 15.4 Å². The van der Waals surface area contributed by atoms with Crippen molar-refractivity contribution < 1.29 is 19.4 Å². The smallest absolute Gasteiger partial charge is 0.313 e. The third-order valence-corrected chi connectivity index (χ3v) is 3.17. The van der Waals surface area contributed by atoms with Crippen LogP contribution in [0.4, 0.5) is 5.69 Å². The van der Waals surface area contributed by atoms with Crippen molar-refractivity contribution in [1.29, 1.82) is 0 Å². The molecule has 0 spiro atoms. The third kappa shape index (κ3) is 5.03. The first-order valence-electron chi connectivity index (χ1n) is 7.09. The van der Waals surface area contributed by atoms with Gasteiger partial charge in [0.1, 0.15) is 11.5 Å². The number of nitrogens with one attached hydrogen (secondary N) is 2. The fraction of sp³-hybridized carbons (Fsp3) is 0.176. The molecule has 120 valence electrons. The molecule has 23 heavy (non-hydrogen) atoms. The summed E-state index contributed by atoms with van der Waals surface area (Å²) in [7, 11) is 1.52. The summed E-state index contributed by atoms with van der Waals surface area (Å²) in [5, 5.41) is 14.2.